The third kappa shape index (κ3) is 2.32. The minimum absolute atomic E-state index is 0.0306. The number of aromatic nitrogens is 1. The molecule has 0 unspecified atom stereocenters. The average Bonchev–Trinajstić information content (AvgIpc) is 3.43. The van der Waals surface area contributed by atoms with E-state index in [2.05, 4.69) is 20.8 Å². The van der Waals surface area contributed by atoms with E-state index in [4.69, 9.17) is 4.98 Å². The van der Waals surface area contributed by atoms with E-state index in [1.165, 1.54) is 27.4 Å². The molecule has 2 amide bonds. The Morgan fingerprint density at radius 2 is 1.68 bits per heavy atom. The van der Waals surface area contributed by atoms with Crippen molar-refractivity contribution < 1.29 is 9.59 Å². The summed E-state index contributed by atoms with van der Waals surface area (Å²) in [6.07, 6.45) is 2.90. The minimum Gasteiger partial charge on any atom is -0.274 e. The molecule has 5 rings (SSSR count). The zero-order valence-electron chi connectivity index (χ0n) is 16.4. The number of aryl methyl sites for hydroxylation is 1. The summed E-state index contributed by atoms with van der Waals surface area (Å²) in [4.78, 5) is 34.0. The maximum Gasteiger partial charge on any atom is 0.240 e. The molecule has 0 N–H and O–H groups in total. The Morgan fingerprint density at radius 1 is 1.07 bits per heavy atom. The molecule has 2 saturated carbocycles. The van der Waals surface area contributed by atoms with Crippen molar-refractivity contribution in [2.75, 3.05) is 4.90 Å². The molecule has 1 aliphatic heterocycles. The van der Waals surface area contributed by atoms with E-state index in [1.807, 2.05) is 30.3 Å². The fraction of sp³-hybridized carbons (Fsp3) is 0.435. The lowest BCUT2D eigenvalue weighted by molar-refractivity contribution is -0.123. The molecule has 2 bridgehead atoms. The fourth-order valence-corrected chi connectivity index (χ4v) is 6.71. The molecule has 1 aromatic heterocycles. The summed E-state index contributed by atoms with van der Waals surface area (Å²) < 4.78 is 0. The molecule has 144 valence electrons. The average molecular weight is 393 g/mol. The van der Waals surface area contributed by atoms with Crippen molar-refractivity contribution in [3.63, 3.8) is 0 Å². The second kappa shape index (κ2) is 6.38. The number of nitrogens with zero attached hydrogens (tertiary/aromatic N) is 2. The zero-order valence-corrected chi connectivity index (χ0v) is 17.3. The number of amides is 2. The maximum atomic E-state index is 13.4. The highest BCUT2D eigenvalue weighted by atomic mass is 32.1. The van der Waals surface area contributed by atoms with Gasteiger partial charge in [0.25, 0.3) is 0 Å². The van der Waals surface area contributed by atoms with Gasteiger partial charge in [-0.15, -0.1) is 11.3 Å². The third-order valence-electron chi connectivity index (χ3n) is 6.68. The number of carbonyl (C=O) groups excluding carboxylic acids is 2. The number of allylic oxidation sites excluding steroid dienone is 2. The largest absolute Gasteiger partial charge is 0.274 e. The summed E-state index contributed by atoms with van der Waals surface area (Å²) in [7, 11) is 0. The Morgan fingerprint density at radius 3 is 2.21 bits per heavy atom. The molecule has 3 fully saturated rings. The number of anilines is 1. The number of rotatable bonds is 3. The first kappa shape index (κ1) is 17.8. The molecule has 1 aromatic carbocycles. The van der Waals surface area contributed by atoms with Gasteiger partial charge in [0.05, 0.1) is 17.5 Å². The van der Waals surface area contributed by atoms with Crippen molar-refractivity contribution >= 4 is 28.3 Å². The second-order valence-corrected chi connectivity index (χ2v) is 9.36. The highest BCUT2D eigenvalue weighted by molar-refractivity contribution is 7.16. The van der Waals surface area contributed by atoms with Crippen LogP contribution in [-0.2, 0) is 16.0 Å². The molecule has 4 atom stereocenters. The predicted octanol–water partition coefficient (Wildman–Crippen LogP) is 4.85. The van der Waals surface area contributed by atoms with E-state index in [1.54, 1.807) is 0 Å². The number of carbonyl (C=O) groups is 2. The van der Waals surface area contributed by atoms with Gasteiger partial charge in [0.2, 0.25) is 11.8 Å². The van der Waals surface area contributed by atoms with Crippen molar-refractivity contribution in [2.45, 2.75) is 40.0 Å². The van der Waals surface area contributed by atoms with Gasteiger partial charge in [0.1, 0.15) is 0 Å². The van der Waals surface area contributed by atoms with Gasteiger partial charge in [0, 0.05) is 10.4 Å². The second-order valence-electron chi connectivity index (χ2n) is 8.30. The Balaban J connectivity index is 1.55. The van der Waals surface area contributed by atoms with Crippen molar-refractivity contribution in [3.05, 3.63) is 46.4 Å². The van der Waals surface area contributed by atoms with E-state index >= 15 is 0 Å². The molecule has 2 aromatic rings. The highest BCUT2D eigenvalue weighted by Gasteiger charge is 2.64. The van der Waals surface area contributed by atoms with Crippen LogP contribution in [0.2, 0.25) is 0 Å². The molecular weight excluding hydrogens is 368 g/mol. The Bertz CT molecular complexity index is 971. The van der Waals surface area contributed by atoms with E-state index in [0.717, 1.165) is 35.4 Å². The van der Waals surface area contributed by atoms with Gasteiger partial charge in [-0.25, -0.2) is 9.88 Å². The molecule has 4 nitrogen and oxygen atoms in total. The molecule has 0 spiro atoms. The van der Waals surface area contributed by atoms with Crippen LogP contribution in [0, 0.1) is 23.7 Å². The number of imide groups is 1. The van der Waals surface area contributed by atoms with Crippen LogP contribution in [0.15, 0.2) is 41.5 Å². The molecular formula is C23H24N2O2S. The predicted molar refractivity (Wildman–Crippen MR) is 111 cm³/mol. The standard InChI is InChI=1S/C23H24N2O2S/c1-4-16-20(13-8-6-5-7-9-13)24-23(28-16)25-21(26)18-14-10-11-15(17(14)12(2)3)19(18)22(25)27/h5-9,14-15,18-19H,4,10-11H2,1-3H3/t14-,15+,18-,19-/m0/s1. The van der Waals surface area contributed by atoms with Gasteiger partial charge < -0.3 is 0 Å². The normalized spacial score (nSPS) is 28.4. The summed E-state index contributed by atoms with van der Waals surface area (Å²) in [5, 5.41) is 0.554. The zero-order chi connectivity index (χ0) is 19.6. The van der Waals surface area contributed by atoms with Crippen molar-refractivity contribution in [3.8, 4) is 11.3 Å². The SMILES string of the molecule is CCc1sc(N2C(=O)[C@@H]3[C@@H](C2=O)[C@H]2CC[C@@H]3C2=C(C)C)nc1-c1ccccc1. The van der Waals surface area contributed by atoms with Crippen molar-refractivity contribution in [1.82, 2.24) is 4.98 Å². The number of fused-ring (bicyclic) bond motifs is 5. The first-order chi connectivity index (χ1) is 13.5. The Labute approximate surface area is 169 Å². The monoisotopic (exact) mass is 392 g/mol. The number of thiazole rings is 1. The van der Waals surface area contributed by atoms with Gasteiger partial charge in [-0.05, 0) is 44.9 Å². The van der Waals surface area contributed by atoms with Gasteiger partial charge in [-0.3, -0.25) is 9.59 Å². The summed E-state index contributed by atoms with van der Waals surface area (Å²) in [6, 6.07) is 10.0. The van der Waals surface area contributed by atoms with Gasteiger partial charge in [-0.2, -0.15) is 0 Å². The summed E-state index contributed by atoms with van der Waals surface area (Å²) in [5.41, 5.74) is 4.61. The van der Waals surface area contributed by atoms with Crippen LogP contribution in [0.1, 0.15) is 38.5 Å². The number of benzene rings is 1. The molecule has 2 aliphatic carbocycles. The number of hydrogen-bond acceptors (Lipinski definition) is 4. The topological polar surface area (TPSA) is 50.3 Å². The lowest BCUT2D eigenvalue weighted by Gasteiger charge is -2.18. The molecule has 2 heterocycles. The van der Waals surface area contributed by atoms with E-state index in [0.29, 0.717) is 5.13 Å². The van der Waals surface area contributed by atoms with Crippen LogP contribution < -0.4 is 4.90 Å². The van der Waals surface area contributed by atoms with Crippen molar-refractivity contribution in [1.29, 1.82) is 0 Å². The van der Waals surface area contributed by atoms with E-state index < -0.39 is 0 Å². The van der Waals surface area contributed by atoms with Gasteiger partial charge >= 0.3 is 0 Å². The highest BCUT2D eigenvalue weighted by Crippen LogP contribution is 2.60. The summed E-state index contributed by atoms with van der Waals surface area (Å²) in [6.45, 7) is 6.33. The minimum atomic E-state index is -0.176. The van der Waals surface area contributed by atoms with Crippen LogP contribution in [0.3, 0.4) is 0 Å². The maximum absolute atomic E-state index is 13.4. The van der Waals surface area contributed by atoms with Gasteiger partial charge in [0.15, 0.2) is 5.13 Å². The fourth-order valence-electron chi connectivity index (χ4n) is 5.68. The van der Waals surface area contributed by atoms with Crippen LogP contribution in [0.4, 0.5) is 5.13 Å². The Hall–Kier alpha value is -2.27. The molecule has 28 heavy (non-hydrogen) atoms. The number of hydrogen-bond donors (Lipinski definition) is 0. The first-order valence-corrected chi connectivity index (χ1v) is 10.9. The van der Waals surface area contributed by atoms with E-state index in [-0.39, 0.29) is 35.5 Å². The summed E-state index contributed by atoms with van der Waals surface area (Å²) in [5.74, 6) is 0.0887. The summed E-state index contributed by atoms with van der Waals surface area (Å²) >= 11 is 1.49. The quantitative estimate of drug-likeness (QED) is 0.554. The molecule has 0 radical (unpaired) electrons. The van der Waals surface area contributed by atoms with Crippen LogP contribution in [-0.4, -0.2) is 16.8 Å². The Kier molecular flexibility index (Phi) is 4.05. The van der Waals surface area contributed by atoms with Crippen molar-refractivity contribution in [2.24, 2.45) is 23.7 Å². The lowest BCUT2D eigenvalue weighted by Crippen LogP contribution is -2.33. The van der Waals surface area contributed by atoms with E-state index in [9.17, 15) is 9.59 Å². The first-order valence-electron chi connectivity index (χ1n) is 10.1. The molecule has 5 heteroatoms. The lowest BCUT2D eigenvalue weighted by atomic mass is 9.81. The smallest absolute Gasteiger partial charge is 0.240 e. The van der Waals surface area contributed by atoms with Crippen LogP contribution >= 0.6 is 11.3 Å². The van der Waals surface area contributed by atoms with Crippen LogP contribution in [0.5, 0.6) is 0 Å². The molecule has 3 aliphatic rings. The molecule has 1 saturated heterocycles. The van der Waals surface area contributed by atoms with Crippen LogP contribution in [0.25, 0.3) is 11.3 Å². The van der Waals surface area contributed by atoms with Gasteiger partial charge in [-0.1, -0.05) is 48.4 Å². The third-order valence-corrected chi connectivity index (χ3v) is 7.86.